The molecule has 352 valence electrons. The predicted molar refractivity (Wildman–Crippen MR) is 253 cm³/mol. The van der Waals surface area contributed by atoms with Gasteiger partial charge in [0, 0.05) is 67.7 Å². The molecule has 2 saturated heterocycles. The van der Waals surface area contributed by atoms with Gasteiger partial charge >= 0.3 is 0 Å². The number of hydrogen-bond acceptors (Lipinski definition) is 14. The first-order valence-electron chi connectivity index (χ1n) is 22.3. The summed E-state index contributed by atoms with van der Waals surface area (Å²) >= 11 is 6.45. The number of carbonyl (C=O) groups is 4. The van der Waals surface area contributed by atoms with Crippen LogP contribution in [0.1, 0.15) is 60.0 Å². The molecule has 3 aliphatic heterocycles. The zero-order chi connectivity index (χ0) is 46.6. The van der Waals surface area contributed by atoms with Crippen LogP contribution in [0, 0.1) is 0 Å². The average Bonchev–Trinajstić information content (AvgIpc) is 3.64. The van der Waals surface area contributed by atoms with Crippen LogP contribution in [0.3, 0.4) is 0 Å². The molecule has 4 aromatic rings. The molecular weight excluding hydrogens is 887 g/mol. The molecule has 1 aromatic heterocycles. The summed E-state index contributed by atoms with van der Waals surface area (Å²) < 4.78 is 35.7. The molecule has 0 radical (unpaired) electrons. The van der Waals surface area contributed by atoms with E-state index in [0.717, 1.165) is 55.6 Å². The number of nitrogens with zero attached hydrogens (tertiary/aromatic N) is 4. The molecule has 2 fully saturated rings. The first kappa shape index (κ1) is 48.4. The molecule has 4 N–H and O–H groups in total. The lowest BCUT2D eigenvalue weighted by Crippen LogP contribution is -2.52. The number of amides is 4. The molecule has 4 heterocycles. The summed E-state index contributed by atoms with van der Waals surface area (Å²) in [5.74, 6) is 0.370. The van der Waals surface area contributed by atoms with E-state index in [4.69, 9.17) is 30.5 Å². The second-order valence-corrected chi connectivity index (χ2v) is 20.3. The van der Waals surface area contributed by atoms with E-state index in [9.17, 15) is 23.7 Å². The number of aromatic nitrogens is 2. The van der Waals surface area contributed by atoms with Crippen LogP contribution in [0.25, 0.3) is 0 Å². The van der Waals surface area contributed by atoms with E-state index in [2.05, 4.69) is 36.1 Å². The molecule has 19 heteroatoms. The molecular formula is C47H58ClN8O9P. The maximum absolute atomic E-state index is 13.1. The van der Waals surface area contributed by atoms with Crippen molar-refractivity contribution in [3.05, 3.63) is 88.6 Å². The van der Waals surface area contributed by atoms with Gasteiger partial charge in [0.15, 0.2) is 5.82 Å². The number of fused-ring (bicyclic) bond motifs is 1. The van der Waals surface area contributed by atoms with Crippen molar-refractivity contribution in [2.45, 2.75) is 63.6 Å². The zero-order valence-corrected chi connectivity index (χ0v) is 39.3. The third-order valence-electron chi connectivity index (χ3n) is 11.8. The summed E-state index contributed by atoms with van der Waals surface area (Å²) in [6, 6.07) is 18.4. The first-order valence-corrected chi connectivity index (χ1v) is 25.3. The smallest absolute Gasteiger partial charge is 0.255 e. The second kappa shape index (κ2) is 22.7. The van der Waals surface area contributed by atoms with Crippen LogP contribution < -0.4 is 36.2 Å². The number of anilines is 5. The number of aryl methyl sites for hydroxylation is 1. The molecule has 0 aliphatic carbocycles. The summed E-state index contributed by atoms with van der Waals surface area (Å²) in [7, 11) is -0.956. The van der Waals surface area contributed by atoms with Crippen LogP contribution in [0.5, 0.6) is 5.75 Å². The van der Waals surface area contributed by atoms with Crippen molar-refractivity contribution in [1.82, 2.24) is 25.5 Å². The third-order valence-corrected chi connectivity index (χ3v) is 13.6. The summed E-state index contributed by atoms with van der Waals surface area (Å²) in [6.07, 6.45) is 5.44. The van der Waals surface area contributed by atoms with Gasteiger partial charge in [-0.15, -0.1) is 0 Å². The van der Waals surface area contributed by atoms with E-state index in [1.165, 1.54) is 6.20 Å². The van der Waals surface area contributed by atoms with E-state index < -0.39 is 19.1 Å². The quantitative estimate of drug-likeness (QED) is 0.0419. The summed E-state index contributed by atoms with van der Waals surface area (Å²) in [6.45, 7) is 7.80. The van der Waals surface area contributed by atoms with Crippen molar-refractivity contribution >= 4 is 76.5 Å². The normalized spacial score (nSPS) is 16.5. The lowest BCUT2D eigenvalue weighted by Gasteiger charge is -2.34. The van der Waals surface area contributed by atoms with Gasteiger partial charge in [0.1, 0.15) is 24.0 Å². The number of hydrogen-bond donors (Lipinski definition) is 4. The molecule has 0 spiro atoms. The van der Waals surface area contributed by atoms with Gasteiger partial charge in [-0.2, -0.15) is 4.98 Å². The molecule has 4 amide bonds. The van der Waals surface area contributed by atoms with Gasteiger partial charge in [-0.3, -0.25) is 24.5 Å². The summed E-state index contributed by atoms with van der Waals surface area (Å²) in [4.78, 5) is 62.5. The lowest BCUT2D eigenvalue weighted by atomic mass is 10.00. The Kier molecular flexibility index (Phi) is 16.7. The van der Waals surface area contributed by atoms with Crippen LogP contribution in [0.4, 0.5) is 28.8 Å². The van der Waals surface area contributed by atoms with Gasteiger partial charge in [0.25, 0.3) is 5.91 Å². The number of carbonyl (C=O) groups excluding carboxylic acids is 4. The summed E-state index contributed by atoms with van der Waals surface area (Å²) in [5.41, 5.74) is 4.95. The molecule has 0 saturated carbocycles. The number of imide groups is 1. The molecule has 3 aliphatic rings. The van der Waals surface area contributed by atoms with Gasteiger partial charge in [-0.25, -0.2) is 4.98 Å². The highest BCUT2D eigenvalue weighted by atomic mass is 35.5. The molecule has 66 heavy (non-hydrogen) atoms. The van der Waals surface area contributed by atoms with Gasteiger partial charge in [-0.1, -0.05) is 35.9 Å². The highest BCUT2D eigenvalue weighted by molar-refractivity contribution is 7.70. The Morgan fingerprint density at radius 2 is 1.64 bits per heavy atom. The second-order valence-electron chi connectivity index (χ2n) is 16.8. The Hall–Kier alpha value is -5.58. The fraction of sp³-hybridized carbons (Fsp3) is 0.447. The van der Waals surface area contributed by atoms with Crippen molar-refractivity contribution in [1.29, 1.82) is 0 Å². The number of piperidine rings is 2. The van der Waals surface area contributed by atoms with Crippen LogP contribution in [-0.4, -0.2) is 124 Å². The van der Waals surface area contributed by atoms with Gasteiger partial charge < -0.3 is 49.3 Å². The van der Waals surface area contributed by atoms with Crippen molar-refractivity contribution in [3.63, 3.8) is 0 Å². The third kappa shape index (κ3) is 12.6. The van der Waals surface area contributed by atoms with Crippen LogP contribution in [0.15, 0.2) is 66.9 Å². The van der Waals surface area contributed by atoms with Crippen molar-refractivity contribution < 1.29 is 42.7 Å². The lowest BCUT2D eigenvalue weighted by molar-refractivity contribution is -0.137. The minimum atomic E-state index is -2.56. The number of halogens is 1. The average molecular weight is 945 g/mol. The number of benzene rings is 3. The standard InChI is InChI=1S/C47H58ClN8O9P/c1-62-40-28-33(13-14-37(40)52-47-49-29-36(48)44(54-47)51-38-11-4-5-12-41(38)66(2,3)61)55-20-17-32(18-21-55)50-43(58)19-23-64-25-27-65-26-24-63-22-7-9-31-8-6-10-34-35(31)30-56(46(34)60)39-15-16-42(57)53-45(39)59/h4-6,8,10-14,28-29,32,39H,7,9,15-27,30H2,1-3H3,(H,50,58)(H,53,57,59)(H2,49,51,52,54). The van der Waals surface area contributed by atoms with Crippen LogP contribution in [-0.2, 0) is 46.1 Å². The van der Waals surface area contributed by atoms with Gasteiger partial charge in [0.2, 0.25) is 23.7 Å². The molecule has 17 nitrogen and oxygen atoms in total. The number of para-hydroxylation sites is 1. The molecule has 7 rings (SSSR count). The van der Waals surface area contributed by atoms with Crippen LogP contribution in [0.2, 0.25) is 5.02 Å². The number of ether oxygens (including phenoxy) is 4. The Morgan fingerprint density at radius 1 is 0.894 bits per heavy atom. The van der Waals surface area contributed by atoms with E-state index in [1.54, 1.807) is 31.4 Å². The molecule has 0 bridgehead atoms. The van der Waals surface area contributed by atoms with Gasteiger partial charge in [-0.05, 0) is 86.9 Å². The summed E-state index contributed by atoms with van der Waals surface area (Å²) in [5, 5.41) is 13.0. The largest absolute Gasteiger partial charge is 0.494 e. The maximum atomic E-state index is 13.1. The monoisotopic (exact) mass is 944 g/mol. The Balaban J connectivity index is 0.738. The van der Waals surface area contributed by atoms with Crippen molar-refractivity contribution in [3.8, 4) is 5.75 Å². The van der Waals surface area contributed by atoms with E-state index in [-0.39, 0.29) is 36.6 Å². The first-order chi connectivity index (χ1) is 31.9. The van der Waals surface area contributed by atoms with E-state index in [1.807, 2.05) is 54.6 Å². The number of rotatable bonds is 22. The highest BCUT2D eigenvalue weighted by Crippen LogP contribution is 2.39. The van der Waals surface area contributed by atoms with E-state index in [0.29, 0.717) is 97.4 Å². The number of methoxy groups -OCH3 is 1. The van der Waals surface area contributed by atoms with Gasteiger partial charge in [0.05, 0.1) is 57.7 Å². The van der Waals surface area contributed by atoms with Crippen LogP contribution >= 0.6 is 18.7 Å². The number of nitrogens with one attached hydrogen (secondary N) is 4. The molecule has 3 aromatic carbocycles. The minimum absolute atomic E-state index is 0.0405. The minimum Gasteiger partial charge on any atom is -0.494 e. The highest BCUT2D eigenvalue weighted by Gasteiger charge is 2.39. The maximum Gasteiger partial charge on any atom is 0.255 e. The fourth-order valence-corrected chi connectivity index (χ4v) is 9.62. The fourth-order valence-electron chi connectivity index (χ4n) is 8.33. The topological polar surface area (TPSA) is 203 Å². The Bertz CT molecular complexity index is 2430. The Morgan fingerprint density at radius 3 is 2.38 bits per heavy atom. The van der Waals surface area contributed by atoms with Crippen molar-refractivity contribution in [2.75, 3.05) is 88.7 Å². The van der Waals surface area contributed by atoms with Crippen molar-refractivity contribution in [2.24, 2.45) is 0 Å². The zero-order valence-electron chi connectivity index (χ0n) is 37.6. The van der Waals surface area contributed by atoms with E-state index >= 15 is 0 Å². The predicted octanol–water partition coefficient (Wildman–Crippen LogP) is 5.79. The SMILES string of the molecule is COc1cc(N2CCC(NC(=O)CCOCCOCCOCCCc3cccc4c3CN(C3CCC(=O)NC3=O)C4=O)CC2)ccc1Nc1ncc(Cl)c(Nc2ccccc2P(C)(C)=O)n1. The molecule has 1 unspecified atom stereocenters. The molecule has 1 atom stereocenters. The Labute approximate surface area is 390 Å².